The van der Waals surface area contributed by atoms with E-state index in [1.807, 2.05) is 24.3 Å². The summed E-state index contributed by atoms with van der Waals surface area (Å²) < 4.78 is 0. The number of piperidine rings is 1. The first kappa shape index (κ1) is 13.6. The molecule has 6 heteroatoms. The Kier molecular flexibility index (Phi) is 3.85. The van der Waals surface area contributed by atoms with Crippen LogP contribution >= 0.6 is 0 Å². The predicted molar refractivity (Wildman–Crippen MR) is 81.6 cm³/mol. The van der Waals surface area contributed by atoms with Gasteiger partial charge in [-0.3, -0.25) is 9.89 Å². The molecule has 1 fully saturated rings. The summed E-state index contributed by atoms with van der Waals surface area (Å²) in [5.74, 6) is 0.509. The van der Waals surface area contributed by atoms with Gasteiger partial charge in [-0.1, -0.05) is 12.1 Å². The van der Waals surface area contributed by atoms with Gasteiger partial charge >= 0.3 is 0 Å². The molecule has 1 aliphatic heterocycles. The van der Waals surface area contributed by atoms with E-state index in [-0.39, 0.29) is 11.7 Å². The number of aromatic amines is 1. The average molecular weight is 285 g/mol. The maximum atomic E-state index is 12.2. The van der Waals surface area contributed by atoms with Crippen LogP contribution < -0.4 is 10.2 Å². The van der Waals surface area contributed by atoms with Crippen LogP contribution in [0.1, 0.15) is 35.7 Å². The first-order valence-corrected chi connectivity index (χ1v) is 7.28. The molecule has 6 nitrogen and oxygen atoms in total. The van der Waals surface area contributed by atoms with E-state index in [1.165, 1.54) is 19.3 Å². The Bertz CT molecular complexity index is 630. The minimum atomic E-state index is -0.288. The van der Waals surface area contributed by atoms with Gasteiger partial charge in [0.25, 0.3) is 5.91 Å². The van der Waals surface area contributed by atoms with E-state index in [2.05, 4.69) is 25.4 Å². The Balaban J connectivity index is 1.80. The number of carbonyl (C=O) groups is 1. The summed E-state index contributed by atoms with van der Waals surface area (Å²) in [6.07, 6.45) is 3.67. The summed E-state index contributed by atoms with van der Waals surface area (Å²) in [4.78, 5) is 18.6. The summed E-state index contributed by atoms with van der Waals surface area (Å²) in [5, 5.41) is 9.49. The van der Waals surface area contributed by atoms with Crippen LogP contribution in [0.15, 0.2) is 24.3 Å². The minimum absolute atomic E-state index is 0.168. The summed E-state index contributed by atoms with van der Waals surface area (Å²) >= 11 is 0. The highest BCUT2D eigenvalue weighted by atomic mass is 16.2. The first-order valence-electron chi connectivity index (χ1n) is 7.28. The van der Waals surface area contributed by atoms with Gasteiger partial charge in [0.2, 0.25) is 5.82 Å². The van der Waals surface area contributed by atoms with Crippen molar-refractivity contribution in [3.05, 3.63) is 35.9 Å². The molecular weight excluding hydrogens is 266 g/mol. The number of benzene rings is 1. The second-order valence-corrected chi connectivity index (χ2v) is 5.26. The van der Waals surface area contributed by atoms with Crippen molar-refractivity contribution < 1.29 is 4.79 Å². The zero-order valence-corrected chi connectivity index (χ0v) is 12.1. The highest BCUT2D eigenvalue weighted by molar-refractivity contribution is 6.03. The smallest absolute Gasteiger partial charge is 0.295 e. The molecule has 0 aliphatic carbocycles. The number of anilines is 2. The zero-order chi connectivity index (χ0) is 14.7. The SMILES string of the molecule is Cc1nc(C(=O)Nc2ccccc2N2CCCCC2)n[nH]1. The van der Waals surface area contributed by atoms with Crippen molar-refractivity contribution >= 4 is 17.3 Å². The van der Waals surface area contributed by atoms with Crippen molar-refractivity contribution in [3.8, 4) is 0 Å². The van der Waals surface area contributed by atoms with E-state index in [0.717, 1.165) is 24.5 Å². The van der Waals surface area contributed by atoms with Crippen LogP contribution in [-0.4, -0.2) is 34.2 Å². The number of amides is 1. The molecule has 1 aliphatic rings. The van der Waals surface area contributed by atoms with Crippen molar-refractivity contribution in [1.82, 2.24) is 15.2 Å². The minimum Gasteiger partial charge on any atom is -0.370 e. The van der Waals surface area contributed by atoms with E-state index in [1.54, 1.807) is 6.92 Å². The van der Waals surface area contributed by atoms with E-state index in [0.29, 0.717) is 5.82 Å². The third kappa shape index (κ3) is 3.04. The lowest BCUT2D eigenvalue weighted by Gasteiger charge is -2.30. The molecule has 0 spiro atoms. The van der Waals surface area contributed by atoms with Gasteiger partial charge in [-0.05, 0) is 38.3 Å². The molecule has 2 N–H and O–H groups in total. The molecule has 0 radical (unpaired) electrons. The van der Waals surface area contributed by atoms with E-state index in [4.69, 9.17) is 0 Å². The number of aryl methyl sites for hydroxylation is 1. The molecule has 2 aromatic rings. The largest absolute Gasteiger partial charge is 0.370 e. The zero-order valence-electron chi connectivity index (χ0n) is 12.1. The van der Waals surface area contributed by atoms with Crippen LogP contribution in [0.4, 0.5) is 11.4 Å². The molecular formula is C15H19N5O. The molecule has 110 valence electrons. The number of hydrogen-bond acceptors (Lipinski definition) is 4. The summed E-state index contributed by atoms with van der Waals surface area (Å²) in [7, 11) is 0. The molecule has 1 saturated heterocycles. The van der Waals surface area contributed by atoms with Gasteiger partial charge in [0.05, 0.1) is 11.4 Å². The lowest BCUT2D eigenvalue weighted by Crippen LogP contribution is -2.30. The van der Waals surface area contributed by atoms with Gasteiger partial charge in [-0.2, -0.15) is 0 Å². The number of nitrogens with one attached hydrogen (secondary N) is 2. The number of rotatable bonds is 3. The van der Waals surface area contributed by atoms with Gasteiger partial charge < -0.3 is 10.2 Å². The standard InChI is InChI=1S/C15H19N5O/c1-11-16-14(19-18-11)15(21)17-12-7-3-4-8-13(12)20-9-5-2-6-10-20/h3-4,7-8H,2,5-6,9-10H2,1H3,(H,17,21)(H,16,18,19). The quantitative estimate of drug-likeness (QED) is 0.908. The van der Waals surface area contributed by atoms with Crippen molar-refractivity contribution in [2.75, 3.05) is 23.3 Å². The highest BCUT2D eigenvalue weighted by Crippen LogP contribution is 2.28. The molecule has 0 saturated carbocycles. The third-order valence-electron chi connectivity index (χ3n) is 3.65. The Hall–Kier alpha value is -2.37. The Labute approximate surface area is 123 Å². The molecule has 3 rings (SSSR count). The predicted octanol–water partition coefficient (Wildman–Crippen LogP) is 2.36. The van der Waals surface area contributed by atoms with Gasteiger partial charge in [-0.25, -0.2) is 4.98 Å². The van der Waals surface area contributed by atoms with Gasteiger partial charge in [0, 0.05) is 13.1 Å². The number of para-hydroxylation sites is 2. The Morgan fingerprint density at radius 1 is 1.24 bits per heavy atom. The molecule has 0 bridgehead atoms. The van der Waals surface area contributed by atoms with Crippen molar-refractivity contribution in [2.24, 2.45) is 0 Å². The summed E-state index contributed by atoms with van der Waals surface area (Å²) in [6, 6.07) is 7.88. The summed E-state index contributed by atoms with van der Waals surface area (Å²) in [6.45, 7) is 3.84. The molecule has 1 aromatic carbocycles. The average Bonchev–Trinajstić information content (AvgIpc) is 2.95. The molecule has 21 heavy (non-hydrogen) atoms. The van der Waals surface area contributed by atoms with E-state index < -0.39 is 0 Å². The van der Waals surface area contributed by atoms with Crippen LogP contribution in [0.2, 0.25) is 0 Å². The second-order valence-electron chi connectivity index (χ2n) is 5.26. The molecule has 0 unspecified atom stereocenters. The van der Waals surface area contributed by atoms with Crippen LogP contribution in [0.25, 0.3) is 0 Å². The Morgan fingerprint density at radius 2 is 2.00 bits per heavy atom. The number of aromatic nitrogens is 3. The lowest BCUT2D eigenvalue weighted by molar-refractivity contribution is 0.101. The topological polar surface area (TPSA) is 73.9 Å². The van der Waals surface area contributed by atoms with Crippen LogP contribution in [-0.2, 0) is 0 Å². The molecule has 0 atom stereocenters. The molecule has 2 heterocycles. The number of carbonyl (C=O) groups excluding carboxylic acids is 1. The normalized spacial score (nSPS) is 15.0. The van der Waals surface area contributed by atoms with Crippen LogP contribution in [0.5, 0.6) is 0 Å². The number of nitrogens with zero attached hydrogens (tertiary/aromatic N) is 3. The summed E-state index contributed by atoms with van der Waals surface area (Å²) in [5.41, 5.74) is 1.88. The fourth-order valence-electron chi connectivity index (χ4n) is 2.61. The maximum Gasteiger partial charge on any atom is 0.295 e. The molecule has 1 aromatic heterocycles. The molecule has 1 amide bonds. The van der Waals surface area contributed by atoms with Crippen molar-refractivity contribution in [2.45, 2.75) is 26.2 Å². The van der Waals surface area contributed by atoms with E-state index in [9.17, 15) is 4.79 Å². The van der Waals surface area contributed by atoms with E-state index >= 15 is 0 Å². The van der Waals surface area contributed by atoms with Crippen molar-refractivity contribution in [3.63, 3.8) is 0 Å². The number of hydrogen-bond donors (Lipinski definition) is 2. The second kappa shape index (κ2) is 5.95. The fraction of sp³-hybridized carbons (Fsp3) is 0.400. The van der Waals surface area contributed by atoms with Gasteiger partial charge in [-0.15, -0.1) is 5.10 Å². The Morgan fingerprint density at radius 3 is 2.71 bits per heavy atom. The number of H-pyrrole nitrogens is 1. The van der Waals surface area contributed by atoms with Crippen molar-refractivity contribution in [1.29, 1.82) is 0 Å². The van der Waals surface area contributed by atoms with Crippen LogP contribution in [0.3, 0.4) is 0 Å². The third-order valence-corrected chi connectivity index (χ3v) is 3.65. The van der Waals surface area contributed by atoms with Gasteiger partial charge in [0.1, 0.15) is 5.82 Å². The van der Waals surface area contributed by atoms with Crippen LogP contribution in [0, 0.1) is 6.92 Å². The maximum absolute atomic E-state index is 12.2. The monoisotopic (exact) mass is 285 g/mol. The lowest BCUT2D eigenvalue weighted by atomic mass is 10.1. The first-order chi connectivity index (χ1) is 10.2. The highest BCUT2D eigenvalue weighted by Gasteiger charge is 2.17. The fourth-order valence-corrected chi connectivity index (χ4v) is 2.61. The van der Waals surface area contributed by atoms with Gasteiger partial charge in [0.15, 0.2) is 0 Å².